The summed E-state index contributed by atoms with van der Waals surface area (Å²) < 4.78 is 0. The van der Waals surface area contributed by atoms with Crippen molar-refractivity contribution in [2.45, 2.75) is 27.7 Å². The number of nitrogens with zero attached hydrogens (tertiary/aromatic N) is 3. The number of nitrogen functional groups attached to an aromatic ring is 1. The topological polar surface area (TPSA) is 62.5 Å². The van der Waals surface area contributed by atoms with Gasteiger partial charge in [0.2, 0.25) is 0 Å². The molecular formula is C13H24N4OS. The van der Waals surface area contributed by atoms with E-state index in [1.807, 2.05) is 0 Å². The first-order valence-corrected chi connectivity index (χ1v) is 7.49. The van der Waals surface area contributed by atoms with E-state index in [-0.39, 0.29) is 5.91 Å². The summed E-state index contributed by atoms with van der Waals surface area (Å²) >= 11 is 1.38. The van der Waals surface area contributed by atoms with E-state index in [9.17, 15) is 4.79 Å². The number of thiazole rings is 1. The van der Waals surface area contributed by atoms with Crippen molar-refractivity contribution in [1.29, 1.82) is 0 Å². The average molecular weight is 284 g/mol. The standard InChI is InChI=1S/C13H24N4OS/c1-6-17(7-2)13-15-11(14)10(19-13)12(18)16(5)8-9(3)4/h9H,6-8,14H2,1-5H3. The maximum Gasteiger partial charge on any atom is 0.267 e. The molecule has 0 bridgehead atoms. The molecule has 19 heavy (non-hydrogen) atoms. The van der Waals surface area contributed by atoms with Crippen molar-refractivity contribution in [3.05, 3.63) is 4.88 Å². The van der Waals surface area contributed by atoms with E-state index in [2.05, 4.69) is 37.6 Å². The molecule has 1 heterocycles. The van der Waals surface area contributed by atoms with Crippen molar-refractivity contribution < 1.29 is 4.79 Å². The van der Waals surface area contributed by atoms with Crippen molar-refractivity contribution in [2.24, 2.45) is 5.92 Å². The van der Waals surface area contributed by atoms with Gasteiger partial charge in [-0.25, -0.2) is 4.98 Å². The number of nitrogens with two attached hydrogens (primary N) is 1. The van der Waals surface area contributed by atoms with Crippen LogP contribution in [0.1, 0.15) is 37.4 Å². The molecule has 0 saturated heterocycles. The van der Waals surface area contributed by atoms with Crippen LogP contribution in [0.5, 0.6) is 0 Å². The van der Waals surface area contributed by atoms with Crippen LogP contribution in [0, 0.1) is 5.92 Å². The third-order valence-electron chi connectivity index (χ3n) is 2.86. The first kappa shape index (κ1) is 15.8. The molecule has 1 aromatic rings. The number of rotatable bonds is 6. The highest BCUT2D eigenvalue weighted by Gasteiger charge is 2.21. The predicted molar refractivity (Wildman–Crippen MR) is 81.9 cm³/mol. The Morgan fingerprint density at radius 3 is 2.42 bits per heavy atom. The van der Waals surface area contributed by atoms with Crippen LogP contribution >= 0.6 is 11.3 Å². The molecule has 1 aromatic heterocycles. The van der Waals surface area contributed by atoms with Crippen LogP contribution in [0.3, 0.4) is 0 Å². The molecular weight excluding hydrogens is 260 g/mol. The van der Waals surface area contributed by atoms with Gasteiger partial charge in [0, 0.05) is 26.7 Å². The number of aromatic nitrogens is 1. The van der Waals surface area contributed by atoms with Crippen LogP contribution in [-0.2, 0) is 0 Å². The summed E-state index contributed by atoms with van der Waals surface area (Å²) in [7, 11) is 1.80. The van der Waals surface area contributed by atoms with Gasteiger partial charge in [-0.3, -0.25) is 4.79 Å². The summed E-state index contributed by atoms with van der Waals surface area (Å²) in [6.07, 6.45) is 0. The van der Waals surface area contributed by atoms with Gasteiger partial charge in [-0.15, -0.1) is 0 Å². The van der Waals surface area contributed by atoms with Crippen LogP contribution in [0.2, 0.25) is 0 Å². The maximum atomic E-state index is 12.3. The van der Waals surface area contributed by atoms with Crippen LogP contribution in [0.15, 0.2) is 0 Å². The smallest absolute Gasteiger partial charge is 0.267 e. The molecule has 2 N–H and O–H groups in total. The van der Waals surface area contributed by atoms with E-state index in [1.54, 1.807) is 11.9 Å². The van der Waals surface area contributed by atoms with Gasteiger partial charge in [-0.1, -0.05) is 25.2 Å². The number of carbonyl (C=O) groups is 1. The largest absolute Gasteiger partial charge is 0.382 e. The van der Waals surface area contributed by atoms with Gasteiger partial charge in [0.05, 0.1) is 0 Å². The maximum absolute atomic E-state index is 12.3. The second-order valence-corrected chi connectivity index (χ2v) is 5.94. The Morgan fingerprint density at radius 1 is 1.37 bits per heavy atom. The summed E-state index contributed by atoms with van der Waals surface area (Å²) in [6, 6.07) is 0. The van der Waals surface area contributed by atoms with E-state index < -0.39 is 0 Å². The van der Waals surface area contributed by atoms with Gasteiger partial charge in [0.15, 0.2) is 5.13 Å². The Bertz CT molecular complexity index is 426. The van der Waals surface area contributed by atoms with E-state index in [0.29, 0.717) is 16.6 Å². The quantitative estimate of drug-likeness (QED) is 0.870. The minimum atomic E-state index is -0.0397. The van der Waals surface area contributed by atoms with Gasteiger partial charge in [0.25, 0.3) is 5.91 Å². The molecule has 0 unspecified atom stereocenters. The highest BCUT2D eigenvalue weighted by molar-refractivity contribution is 7.18. The lowest BCUT2D eigenvalue weighted by molar-refractivity contribution is 0.0784. The predicted octanol–water partition coefficient (Wildman–Crippen LogP) is 2.30. The number of hydrogen-bond donors (Lipinski definition) is 1. The van der Waals surface area contributed by atoms with Gasteiger partial charge >= 0.3 is 0 Å². The summed E-state index contributed by atoms with van der Waals surface area (Å²) in [4.78, 5) is 21.0. The molecule has 0 aromatic carbocycles. The number of anilines is 2. The minimum Gasteiger partial charge on any atom is -0.382 e. The van der Waals surface area contributed by atoms with Gasteiger partial charge in [-0.05, 0) is 19.8 Å². The molecule has 1 rings (SSSR count). The zero-order valence-electron chi connectivity index (χ0n) is 12.4. The fraction of sp³-hybridized carbons (Fsp3) is 0.692. The molecule has 0 saturated carbocycles. The van der Waals surface area contributed by atoms with Crippen molar-refractivity contribution in [3.63, 3.8) is 0 Å². The molecule has 0 aliphatic rings. The normalized spacial score (nSPS) is 10.8. The zero-order chi connectivity index (χ0) is 14.6. The molecule has 108 valence electrons. The third kappa shape index (κ3) is 3.83. The first-order chi connectivity index (χ1) is 8.90. The number of hydrogen-bond acceptors (Lipinski definition) is 5. The minimum absolute atomic E-state index is 0.0397. The molecule has 5 nitrogen and oxygen atoms in total. The molecule has 0 fully saturated rings. The summed E-state index contributed by atoms with van der Waals surface area (Å²) in [6.45, 7) is 10.7. The van der Waals surface area contributed by atoms with Gasteiger partial charge in [0.1, 0.15) is 10.7 Å². The molecule has 0 atom stereocenters. The van der Waals surface area contributed by atoms with Gasteiger partial charge < -0.3 is 15.5 Å². The van der Waals surface area contributed by atoms with Crippen molar-refractivity contribution in [3.8, 4) is 0 Å². The van der Waals surface area contributed by atoms with E-state index >= 15 is 0 Å². The lowest BCUT2D eigenvalue weighted by atomic mass is 10.2. The molecule has 1 amide bonds. The fourth-order valence-electron chi connectivity index (χ4n) is 1.91. The monoisotopic (exact) mass is 284 g/mol. The van der Waals surface area contributed by atoms with E-state index in [1.165, 1.54) is 11.3 Å². The zero-order valence-corrected chi connectivity index (χ0v) is 13.3. The van der Waals surface area contributed by atoms with E-state index in [0.717, 1.165) is 24.8 Å². The summed E-state index contributed by atoms with van der Waals surface area (Å²) in [5.74, 6) is 0.736. The summed E-state index contributed by atoms with van der Waals surface area (Å²) in [5.41, 5.74) is 5.88. The Morgan fingerprint density at radius 2 is 1.95 bits per heavy atom. The SMILES string of the molecule is CCN(CC)c1nc(N)c(C(=O)N(C)CC(C)C)s1. The average Bonchev–Trinajstić information content (AvgIpc) is 2.71. The first-order valence-electron chi connectivity index (χ1n) is 6.67. The highest BCUT2D eigenvalue weighted by Crippen LogP contribution is 2.29. The van der Waals surface area contributed by atoms with E-state index in [4.69, 9.17) is 5.73 Å². The Balaban J connectivity index is 2.92. The van der Waals surface area contributed by atoms with Crippen LogP contribution in [0.25, 0.3) is 0 Å². The van der Waals surface area contributed by atoms with Crippen molar-refractivity contribution in [2.75, 3.05) is 37.3 Å². The molecule has 0 spiro atoms. The van der Waals surface area contributed by atoms with Crippen molar-refractivity contribution >= 4 is 28.2 Å². The lowest BCUT2D eigenvalue weighted by Gasteiger charge is -2.18. The third-order valence-corrected chi connectivity index (χ3v) is 3.98. The highest BCUT2D eigenvalue weighted by atomic mass is 32.1. The molecule has 0 aliphatic carbocycles. The van der Waals surface area contributed by atoms with Crippen LogP contribution in [0.4, 0.5) is 10.9 Å². The van der Waals surface area contributed by atoms with Crippen LogP contribution in [-0.4, -0.2) is 42.5 Å². The Hall–Kier alpha value is -1.30. The Kier molecular flexibility index (Phi) is 5.60. The van der Waals surface area contributed by atoms with Crippen LogP contribution < -0.4 is 10.6 Å². The summed E-state index contributed by atoms with van der Waals surface area (Å²) in [5, 5.41) is 0.823. The lowest BCUT2D eigenvalue weighted by Crippen LogP contribution is -2.30. The number of carbonyl (C=O) groups excluding carboxylic acids is 1. The second-order valence-electron chi connectivity index (χ2n) is 4.96. The van der Waals surface area contributed by atoms with Gasteiger partial charge in [-0.2, -0.15) is 0 Å². The fourth-order valence-corrected chi connectivity index (χ4v) is 3.01. The number of amides is 1. The molecule has 0 radical (unpaired) electrons. The van der Waals surface area contributed by atoms with Crippen molar-refractivity contribution in [1.82, 2.24) is 9.88 Å². The molecule has 0 aliphatic heterocycles. The molecule has 6 heteroatoms. The second kappa shape index (κ2) is 6.75. The Labute approximate surface area is 119 Å².